The van der Waals surface area contributed by atoms with E-state index < -0.39 is 0 Å². The maximum atomic E-state index is 5.33. The van der Waals surface area contributed by atoms with Crippen molar-refractivity contribution in [1.29, 1.82) is 0 Å². The van der Waals surface area contributed by atoms with Crippen molar-refractivity contribution in [2.75, 3.05) is 53.1 Å². The molecule has 0 aromatic carbocycles. The summed E-state index contributed by atoms with van der Waals surface area (Å²) in [5.41, 5.74) is 5.32. The first-order chi connectivity index (χ1) is 6.83. The van der Waals surface area contributed by atoms with Crippen molar-refractivity contribution in [1.82, 2.24) is 4.90 Å². The highest BCUT2D eigenvalue weighted by Gasteiger charge is 2.16. The lowest BCUT2D eigenvalue weighted by Crippen LogP contribution is -2.29. The number of hydrogen-bond acceptors (Lipinski definition) is 4. The van der Waals surface area contributed by atoms with Crippen LogP contribution in [0.4, 0.5) is 0 Å². The number of halogens is 1. The Kier molecular flexibility index (Phi) is 9.44. The average molecular weight is 239 g/mol. The number of nitrogens with two attached hydrogens (primary N) is 1. The second-order valence-corrected chi connectivity index (χ2v) is 3.89. The van der Waals surface area contributed by atoms with Crippen LogP contribution in [0.25, 0.3) is 0 Å². The third-order valence-corrected chi connectivity index (χ3v) is 2.47. The molecule has 4 nitrogen and oxygen atoms in total. The van der Waals surface area contributed by atoms with Crippen molar-refractivity contribution < 1.29 is 9.47 Å². The summed E-state index contributed by atoms with van der Waals surface area (Å²) in [4.78, 5) is 2.30. The lowest BCUT2D eigenvalue weighted by atomic mass is 10.1. The molecule has 2 N–H and O–H groups in total. The van der Waals surface area contributed by atoms with Crippen molar-refractivity contribution in [3.8, 4) is 0 Å². The Labute approximate surface area is 98.5 Å². The third kappa shape index (κ3) is 7.09. The first-order valence-corrected chi connectivity index (χ1v) is 5.37. The van der Waals surface area contributed by atoms with Crippen LogP contribution >= 0.6 is 12.4 Å². The highest BCUT2D eigenvalue weighted by molar-refractivity contribution is 5.85. The largest absolute Gasteiger partial charge is 0.381 e. The molecule has 1 heterocycles. The van der Waals surface area contributed by atoms with E-state index in [0.29, 0.717) is 13.2 Å². The highest BCUT2D eigenvalue weighted by Crippen LogP contribution is 2.12. The van der Waals surface area contributed by atoms with Gasteiger partial charge in [-0.15, -0.1) is 12.4 Å². The van der Waals surface area contributed by atoms with Gasteiger partial charge in [0.25, 0.3) is 0 Å². The molecular weight excluding hydrogens is 216 g/mol. The van der Waals surface area contributed by atoms with E-state index in [-0.39, 0.29) is 12.4 Å². The minimum Gasteiger partial charge on any atom is -0.381 e. The van der Waals surface area contributed by atoms with Gasteiger partial charge < -0.3 is 20.1 Å². The predicted octanol–water partition coefficient (Wildman–Crippen LogP) is 0.352. The first-order valence-electron chi connectivity index (χ1n) is 5.37. The lowest BCUT2D eigenvalue weighted by Gasteiger charge is -2.19. The molecule has 1 saturated heterocycles. The lowest BCUT2D eigenvalue weighted by molar-refractivity contribution is 0.110. The molecule has 5 heteroatoms. The smallest absolute Gasteiger partial charge is 0.0593 e. The molecule has 1 fully saturated rings. The molecule has 92 valence electrons. The van der Waals surface area contributed by atoms with Crippen LogP contribution in [0.2, 0.25) is 0 Å². The van der Waals surface area contributed by atoms with Gasteiger partial charge in [-0.25, -0.2) is 0 Å². The zero-order valence-electron chi connectivity index (χ0n) is 9.48. The second-order valence-electron chi connectivity index (χ2n) is 3.89. The van der Waals surface area contributed by atoms with E-state index in [1.807, 2.05) is 0 Å². The molecule has 0 bridgehead atoms. The van der Waals surface area contributed by atoms with Crippen molar-refractivity contribution in [3.05, 3.63) is 0 Å². The van der Waals surface area contributed by atoms with E-state index in [0.717, 1.165) is 38.8 Å². The fourth-order valence-electron chi connectivity index (χ4n) is 1.67. The Bertz CT molecular complexity index is 143. The van der Waals surface area contributed by atoms with Gasteiger partial charge in [-0.1, -0.05) is 0 Å². The van der Waals surface area contributed by atoms with Gasteiger partial charge >= 0.3 is 0 Å². The van der Waals surface area contributed by atoms with Gasteiger partial charge in [-0.3, -0.25) is 0 Å². The molecule has 1 aliphatic heterocycles. The zero-order valence-corrected chi connectivity index (χ0v) is 10.3. The summed E-state index contributed by atoms with van der Waals surface area (Å²) < 4.78 is 10.6. The summed E-state index contributed by atoms with van der Waals surface area (Å²) in [5, 5.41) is 0. The molecule has 0 aliphatic carbocycles. The van der Waals surface area contributed by atoms with Crippen molar-refractivity contribution in [3.63, 3.8) is 0 Å². The van der Waals surface area contributed by atoms with Gasteiger partial charge in [0.1, 0.15) is 0 Å². The maximum absolute atomic E-state index is 5.33. The maximum Gasteiger partial charge on any atom is 0.0593 e. The van der Waals surface area contributed by atoms with Crippen molar-refractivity contribution in [2.45, 2.75) is 6.42 Å². The van der Waals surface area contributed by atoms with Gasteiger partial charge in [-0.2, -0.15) is 0 Å². The Morgan fingerprint density at radius 3 is 2.87 bits per heavy atom. The molecular formula is C10H23ClN2O2. The molecule has 0 amide bonds. The topological polar surface area (TPSA) is 47.7 Å². The van der Waals surface area contributed by atoms with Crippen LogP contribution in [0.15, 0.2) is 0 Å². The summed E-state index contributed by atoms with van der Waals surface area (Å²) in [7, 11) is 2.13. The number of nitrogens with zero attached hydrogens (tertiary/aromatic N) is 1. The van der Waals surface area contributed by atoms with Crippen LogP contribution in [0, 0.1) is 5.92 Å². The van der Waals surface area contributed by atoms with Crippen LogP contribution in [0.5, 0.6) is 0 Å². The Balaban J connectivity index is 0.00000196. The van der Waals surface area contributed by atoms with Gasteiger partial charge in [0.2, 0.25) is 0 Å². The molecule has 1 unspecified atom stereocenters. The van der Waals surface area contributed by atoms with Crippen LogP contribution in [0.3, 0.4) is 0 Å². The van der Waals surface area contributed by atoms with Gasteiger partial charge in [0, 0.05) is 26.2 Å². The van der Waals surface area contributed by atoms with Gasteiger partial charge in [-0.05, 0) is 19.4 Å². The summed E-state index contributed by atoms with van der Waals surface area (Å²) >= 11 is 0. The van der Waals surface area contributed by atoms with Crippen molar-refractivity contribution >= 4 is 12.4 Å². The van der Waals surface area contributed by atoms with Gasteiger partial charge in [0.15, 0.2) is 0 Å². The fraction of sp³-hybridized carbons (Fsp3) is 1.00. The Morgan fingerprint density at radius 2 is 2.27 bits per heavy atom. The zero-order chi connectivity index (χ0) is 10.2. The predicted molar refractivity (Wildman–Crippen MR) is 63.5 cm³/mol. The number of likely N-dealkylation sites (N-methyl/N-ethyl adjacent to an activating group) is 1. The van der Waals surface area contributed by atoms with Gasteiger partial charge in [0.05, 0.1) is 19.8 Å². The molecule has 1 atom stereocenters. The normalized spacial score (nSPS) is 20.6. The minimum atomic E-state index is 0. The van der Waals surface area contributed by atoms with E-state index in [1.165, 1.54) is 6.42 Å². The summed E-state index contributed by atoms with van der Waals surface area (Å²) in [6.07, 6.45) is 1.20. The molecule has 0 aromatic heterocycles. The van der Waals surface area contributed by atoms with E-state index >= 15 is 0 Å². The van der Waals surface area contributed by atoms with E-state index in [1.54, 1.807) is 0 Å². The fourth-order valence-corrected chi connectivity index (χ4v) is 1.67. The monoisotopic (exact) mass is 238 g/mol. The minimum absolute atomic E-state index is 0. The van der Waals surface area contributed by atoms with E-state index in [2.05, 4.69) is 11.9 Å². The third-order valence-electron chi connectivity index (χ3n) is 2.47. The molecule has 1 aliphatic rings. The van der Waals surface area contributed by atoms with Crippen molar-refractivity contribution in [2.24, 2.45) is 11.7 Å². The molecule has 0 saturated carbocycles. The molecule has 0 aromatic rings. The van der Waals surface area contributed by atoms with Crippen LogP contribution < -0.4 is 5.73 Å². The quantitative estimate of drug-likeness (QED) is 0.651. The summed E-state index contributed by atoms with van der Waals surface area (Å²) in [6.45, 7) is 6.01. The number of ether oxygens (including phenoxy) is 2. The number of rotatable bonds is 7. The van der Waals surface area contributed by atoms with Crippen LogP contribution in [0.1, 0.15) is 6.42 Å². The second kappa shape index (κ2) is 9.36. The van der Waals surface area contributed by atoms with Crippen LogP contribution in [-0.2, 0) is 9.47 Å². The average Bonchev–Trinajstić information content (AvgIpc) is 2.65. The number of hydrogen-bond donors (Lipinski definition) is 1. The Hall–Kier alpha value is 0.130. The summed E-state index contributed by atoms with van der Waals surface area (Å²) in [6, 6.07) is 0. The Morgan fingerprint density at radius 1 is 1.47 bits per heavy atom. The highest BCUT2D eigenvalue weighted by atomic mass is 35.5. The van der Waals surface area contributed by atoms with E-state index in [9.17, 15) is 0 Å². The molecule has 15 heavy (non-hydrogen) atoms. The summed E-state index contributed by atoms with van der Waals surface area (Å²) in [5.74, 6) is 0.717. The molecule has 1 rings (SSSR count). The first kappa shape index (κ1) is 15.1. The molecule has 0 spiro atoms. The SMILES string of the molecule is CN(CCOCCN)CC1CCOC1.Cl. The standard InChI is InChI=1S/C10H22N2O2.ClH/c1-12(4-7-13-6-3-11)8-10-2-5-14-9-10;/h10H,2-9,11H2,1H3;1H. The molecule has 0 radical (unpaired) electrons. The van der Waals surface area contributed by atoms with Crippen LogP contribution in [-0.4, -0.2) is 58.0 Å². The van der Waals surface area contributed by atoms with E-state index in [4.69, 9.17) is 15.2 Å².